The fourth-order valence-electron chi connectivity index (χ4n) is 3.97. The maximum atomic E-state index is 13.1. The molecule has 6 nitrogen and oxygen atoms in total. The number of carbonyl (C=O) groups excluding carboxylic acids is 1. The van der Waals surface area contributed by atoms with Crippen molar-refractivity contribution in [3.63, 3.8) is 0 Å². The highest BCUT2D eigenvalue weighted by atomic mass is 32.1. The van der Waals surface area contributed by atoms with Crippen LogP contribution in [-0.4, -0.2) is 79.6 Å². The minimum absolute atomic E-state index is 0.0496. The van der Waals surface area contributed by atoms with Gasteiger partial charge in [-0.2, -0.15) is 0 Å². The summed E-state index contributed by atoms with van der Waals surface area (Å²) in [5.41, 5.74) is 1.61. The number of halogens is 1. The highest BCUT2D eigenvalue weighted by molar-refractivity contribution is 7.13. The lowest BCUT2D eigenvalue weighted by Gasteiger charge is -2.36. The minimum atomic E-state index is -0.209. The quantitative estimate of drug-likeness (QED) is 0.749. The lowest BCUT2D eigenvalue weighted by atomic mass is 10.2. The Labute approximate surface area is 175 Å². The van der Waals surface area contributed by atoms with Crippen LogP contribution in [0.5, 0.6) is 0 Å². The molecule has 1 amide bonds. The molecule has 3 heterocycles. The van der Waals surface area contributed by atoms with Crippen molar-refractivity contribution in [2.24, 2.45) is 0 Å². The van der Waals surface area contributed by atoms with Crippen molar-refractivity contribution in [2.75, 3.05) is 68.7 Å². The predicted molar refractivity (Wildman–Crippen MR) is 116 cm³/mol. The SMILES string of the molecule is CCCN1CCN(C(=O)c2csc(N3CCN(c4ccc(F)cc4)CC3)n2)CC1. The number of thiazole rings is 1. The van der Waals surface area contributed by atoms with E-state index < -0.39 is 0 Å². The van der Waals surface area contributed by atoms with Gasteiger partial charge in [-0.15, -0.1) is 11.3 Å². The standard InChI is InChI=1S/C21H28FN5OS/c1-2-7-24-8-10-26(11-9-24)20(28)19-16-29-21(23-19)27-14-12-25(13-15-27)18-5-3-17(22)4-6-18/h3-6,16H,2,7-15H2,1H3. The average molecular weight is 418 g/mol. The normalized spacial score (nSPS) is 18.3. The van der Waals surface area contributed by atoms with Crippen LogP contribution in [-0.2, 0) is 0 Å². The van der Waals surface area contributed by atoms with Crippen molar-refractivity contribution in [1.29, 1.82) is 0 Å². The van der Waals surface area contributed by atoms with E-state index in [9.17, 15) is 9.18 Å². The Hall–Kier alpha value is -2.19. The molecule has 0 N–H and O–H groups in total. The molecule has 0 bridgehead atoms. The van der Waals surface area contributed by atoms with E-state index in [0.717, 1.165) is 76.1 Å². The van der Waals surface area contributed by atoms with Crippen LogP contribution in [0.2, 0.25) is 0 Å². The Kier molecular flexibility index (Phi) is 6.30. The van der Waals surface area contributed by atoms with E-state index in [0.29, 0.717) is 5.69 Å². The summed E-state index contributed by atoms with van der Waals surface area (Å²) >= 11 is 1.54. The Bertz CT molecular complexity index is 811. The zero-order valence-corrected chi connectivity index (χ0v) is 17.7. The van der Waals surface area contributed by atoms with Crippen molar-refractivity contribution in [3.05, 3.63) is 41.2 Å². The fourth-order valence-corrected chi connectivity index (χ4v) is 4.82. The molecule has 2 aliphatic heterocycles. The lowest BCUT2D eigenvalue weighted by molar-refractivity contribution is 0.0632. The number of hydrogen-bond acceptors (Lipinski definition) is 6. The van der Waals surface area contributed by atoms with Gasteiger partial charge >= 0.3 is 0 Å². The summed E-state index contributed by atoms with van der Waals surface area (Å²) in [4.78, 5) is 26.3. The molecule has 0 saturated carbocycles. The molecule has 0 spiro atoms. The van der Waals surface area contributed by atoms with Crippen LogP contribution >= 0.6 is 11.3 Å². The van der Waals surface area contributed by atoms with E-state index in [1.54, 1.807) is 11.3 Å². The van der Waals surface area contributed by atoms with Crippen LogP contribution < -0.4 is 9.80 Å². The largest absolute Gasteiger partial charge is 0.368 e. The van der Waals surface area contributed by atoms with E-state index in [2.05, 4.69) is 26.6 Å². The average Bonchev–Trinajstić information content (AvgIpc) is 3.25. The van der Waals surface area contributed by atoms with Crippen LogP contribution in [0.25, 0.3) is 0 Å². The van der Waals surface area contributed by atoms with Crippen LogP contribution in [0, 0.1) is 5.82 Å². The molecule has 0 atom stereocenters. The maximum Gasteiger partial charge on any atom is 0.273 e. The molecule has 2 fully saturated rings. The molecule has 1 aromatic carbocycles. The van der Waals surface area contributed by atoms with Gasteiger partial charge in [-0.3, -0.25) is 9.69 Å². The third-order valence-corrected chi connectivity index (χ3v) is 6.55. The second-order valence-electron chi connectivity index (χ2n) is 7.60. The van der Waals surface area contributed by atoms with E-state index >= 15 is 0 Å². The molecule has 0 radical (unpaired) electrons. The van der Waals surface area contributed by atoms with Crippen molar-refractivity contribution in [3.8, 4) is 0 Å². The van der Waals surface area contributed by atoms with E-state index in [1.807, 2.05) is 22.4 Å². The van der Waals surface area contributed by atoms with Crippen molar-refractivity contribution >= 4 is 28.1 Å². The van der Waals surface area contributed by atoms with Gasteiger partial charge in [0.15, 0.2) is 5.13 Å². The molecule has 4 rings (SSSR count). The van der Waals surface area contributed by atoms with Gasteiger partial charge in [0.1, 0.15) is 11.5 Å². The Morgan fingerprint density at radius 3 is 2.31 bits per heavy atom. The molecule has 29 heavy (non-hydrogen) atoms. The third kappa shape index (κ3) is 4.70. The van der Waals surface area contributed by atoms with Gasteiger partial charge in [0.2, 0.25) is 0 Å². The van der Waals surface area contributed by atoms with Crippen molar-refractivity contribution < 1.29 is 9.18 Å². The second-order valence-corrected chi connectivity index (χ2v) is 8.44. The van der Waals surface area contributed by atoms with Gasteiger partial charge in [0, 0.05) is 63.4 Å². The van der Waals surface area contributed by atoms with E-state index in [4.69, 9.17) is 0 Å². The zero-order valence-electron chi connectivity index (χ0n) is 16.9. The topological polar surface area (TPSA) is 42.9 Å². The Morgan fingerprint density at radius 2 is 1.66 bits per heavy atom. The van der Waals surface area contributed by atoms with Gasteiger partial charge in [-0.25, -0.2) is 9.37 Å². The highest BCUT2D eigenvalue weighted by Crippen LogP contribution is 2.25. The van der Waals surface area contributed by atoms with Gasteiger partial charge in [-0.05, 0) is 37.2 Å². The number of piperazine rings is 2. The number of carbonyl (C=O) groups is 1. The van der Waals surface area contributed by atoms with Crippen LogP contribution in [0.1, 0.15) is 23.8 Å². The zero-order chi connectivity index (χ0) is 20.2. The second kappa shape index (κ2) is 9.09. The molecule has 1 aromatic heterocycles. The molecule has 156 valence electrons. The first kappa shape index (κ1) is 20.1. The summed E-state index contributed by atoms with van der Waals surface area (Å²) in [5.74, 6) is -0.159. The third-order valence-electron chi connectivity index (χ3n) is 5.65. The molecule has 8 heteroatoms. The molecule has 2 aromatic rings. The molecule has 0 aliphatic carbocycles. The van der Waals surface area contributed by atoms with Gasteiger partial charge in [-0.1, -0.05) is 6.92 Å². The highest BCUT2D eigenvalue weighted by Gasteiger charge is 2.25. The summed E-state index contributed by atoms with van der Waals surface area (Å²) < 4.78 is 13.1. The first-order valence-corrected chi connectivity index (χ1v) is 11.2. The monoisotopic (exact) mass is 417 g/mol. The smallest absolute Gasteiger partial charge is 0.273 e. The first-order chi connectivity index (χ1) is 14.1. The lowest BCUT2D eigenvalue weighted by Crippen LogP contribution is -2.49. The molecule has 2 aliphatic rings. The summed E-state index contributed by atoms with van der Waals surface area (Å²) in [6.07, 6.45) is 1.15. The van der Waals surface area contributed by atoms with Crippen LogP contribution in [0.3, 0.4) is 0 Å². The number of aromatic nitrogens is 1. The maximum absolute atomic E-state index is 13.1. The molecular weight excluding hydrogens is 389 g/mol. The Morgan fingerprint density at radius 1 is 1.00 bits per heavy atom. The number of amides is 1. The van der Waals surface area contributed by atoms with Crippen LogP contribution in [0.4, 0.5) is 15.2 Å². The van der Waals surface area contributed by atoms with Gasteiger partial charge < -0.3 is 14.7 Å². The molecule has 2 saturated heterocycles. The predicted octanol–water partition coefficient (Wildman–Crippen LogP) is 2.78. The number of rotatable bonds is 5. The van der Waals surface area contributed by atoms with E-state index in [1.165, 1.54) is 12.1 Å². The van der Waals surface area contributed by atoms with E-state index in [-0.39, 0.29) is 11.7 Å². The van der Waals surface area contributed by atoms with Crippen molar-refractivity contribution in [1.82, 2.24) is 14.8 Å². The summed E-state index contributed by atoms with van der Waals surface area (Å²) in [6.45, 7) is 10.1. The van der Waals surface area contributed by atoms with Crippen molar-refractivity contribution in [2.45, 2.75) is 13.3 Å². The van der Waals surface area contributed by atoms with Gasteiger partial charge in [0.25, 0.3) is 5.91 Å². The Balaban J connectivity index is 1.31. The fraction of sp³-hybridized carbons (Fsp3) is 0.524. The summed E-state index contributed by atoms with van der Waals surface area (Å²) in [6, 6.07) is 6.65. The molecule has 0 unspecified atom stereocenters. The number of nitrogens with zero attached hydrogens (tertiary/aromatic N) is 5. The minimum Gasteiger partial charge on any atom is -0.368 e. The van der Waals surface area contributed by atoms with Crippen LogP contribution in [0.15, 0.2) is 29.6 Å². The number of anilines is 2. The first-order valence-electron chi connectivity index (χ1n) is 10.4. The molecular formula is C21H28FN5OS. The number of benzene rings is 1. The van der Waals surface area contributed by atoms with Gasteiger partial charge in [0.05, 0.1) is 0 Å². The number of hydrogen-bond donors (Lipinski definition) is 0. The summed E-state index contributed by atoms with van der Waals surface area (Å²) in [5, 5.41) is 2.80. The summed E-state index contributed by atoms with van der Waals surface area (Å²) in [7, 11) is 0.